The Kier molecular flexibility index (Phi) is 6.94. The van der Waals surface area contributed by atoms with Crippen molar-refractivity contribution < 1.29 is 24.5 Å². The van der Waals surface area contributed by atoms with Crippen LogP contribution >= 0.6 is 0 Å². The normalized spacial score (nSPS) is 14.4. The van der Waals surface area contributed by atoms with Gasteiger partial charge in [0.1, 0.15) is 6.61 Å². The van der Waals surface area contributed by atoms with E-state index >= 15 is 0 Å². The second kappa shape index (κ2) is 7.39. The average molecular weight is 218 g/mol. The maximum atomic E-state index is 11.0. The lowest BCUT2D eigenvalue weighted by Gasteiger charge is -2.17. The Balaban J connectivity index is 3.90. The van der Waals surface area contributed by atoms with Crippen LogP contribution in [0.3, 0.4) is 0 Å². The molecule has 2 atom stereocenters. The molecule has 5 heteroatoms. The zero-order chi connectivity index (χ0) is 11.8. The molecular formula is C10H18O5. The molecule has 0 aliphatic heterocycles. The Morgan fingerprint density at radius 3 is 2.53 bits per heavy atom. The van der Waals surface area contributed by atoms with Gasteiger partial charge in [0.05, 0.1) is 18.8 Å². The second-order valence-corrected chi connectivity index (χ2v) is 3.31. The summed E-state index contributed by atoms with van der Waals surface area (Å²) in [5.41, 5.74) is 0.313. The van der Waals surface area contributed by atoms with Gasteiger partial charge >= 0.3 is 5.97 Å². The Morgan fingerprint density at radius 2 is 2.13 bits per heavy atom. The monoisotopic (exact) mass is 218 g/mol. The van der Waals surface area contributed by atoms with Gasteiger partial charge < -0.3 is 19.7 Å². The van der Waals surface area contributed by atoms with E-state index in [2.05, 4.69) is 6.58 Å². The molecule has 5 nitrogen and oxygen atoms in total. The smallest absolute Gasteiger partial charge is 0.333 e. The van der Waals surface area contributed by atoms with Crippen LogP contribution in [0.1, 0.15) is 13.3 Å². The van der Waals surface area contributed by atoms with Crippen LogP contribution in [-0.4, -0.2) is 48.7 Å². The van der Waals surface area contributed by atoms with Crippen molar-refractivity contribution in [1.82, 2.24) is 0 Å². The molecule has 0 saturated carbocycles. The highest BCUT2D eigenvalue weighted by Crippen LogP contribution is 2.04. The van der Waals surface area contributed by atoms with Crippen LogP contribution in [0.15, 0.2) is 12.2 Å². The van der Waals surface area contributed by atoms with Crippen molar-refractivity contribution in [3.63, 3.8) is 0 Å². The van der Waals surface area contributed by atoms with Gasteiger partial charge in [0, 0.05) is 19.1 Å². The van der Waals surface area contributed by atoms with Crippen LogP contribution in [0.4, 0.5) is 0 Å². The van der Waals surface area contributed by atoms with Gasteiger partial charge in [-0.2, -0.15) is 0 Å². The maximum Gasteiger partial charge on any atom is 0.333 e. The van der Waals surface area contributed by atoms with Crippen molar-refractivity contribution in [3.8, 4) is 0 Å². The Bertz CT molecular complexity index is 214. The van der Waals surface area contributed by atoms with Crippen LogP contribution in [0, 0.1) is 0 Å². The molecule has 0 aliphatic carbocycles. The van der Waals surface area contributed by atoms with Gasteiger partial charge in [0.25, 0.3) is 0 Å². The van der Waals surface area contributed by atoms with E-state index < -0.39 is 18.2 Å². The standard InChI is InChI=1S/C10H18O5/c1-7(2)10(13)15-6-9(14-3)4-8(12)5-11/h8-9,11-12H,1,4-6H2,2-3H3. The lowest BCUT2D eigenvalue weighted by molar-refractivity contribution is -0.143. The summed E-state index contributed by atoms with van der Waals surface area (Å²) in [7, 11) is 1.45. The quantitative estimate of drug-likeness (QED) is 0.459. The fourth-order valence-corrected chi connectivity index (χ4v) is 0.902. The largest absolute Gasteiger partial charge is 0.460 e. The second-order valence-electron chi connectivity index (χ2n) is 3.31. The van der Waals surface area contributed by atoms with E-state index in [0.29, 0.717) is 5.57 Å². The van der Waals surface area contributed by atoms with E-state index in [1.165, 1.54) is 7.11 Å². The molecule has 0 heterocycles. The first kappa shape index (κ1) is 14.1. The Morgan fingerprint density at radius 1 is 1.53 bits per heavy atom. The van der Waals surface area contributed by atoms with E-state index in [1.807, 2.05) is 0 Å². The van der Waals surface area contributed by atoms with Crippen LogP contribution in [0.25, 0.3) is 0 Å². The fraction of sp³-hybridized carbons (Fsp3) is 0.700. The van der Waals surface area contributed by atoms with Crippen molar-refractivity contribution in [1.29, 1.82) is 0 Å². The number of hydrogen-bond acceptors (Lipinski definition) is 5. The molecule has 0 bridgehead atoms. The van der Waals surface area contributed by atoms with Crippen molar-refractivity contribution in [2.45, 2.75) is 25.6 Å². The first-order valence-corrected chi connectivity index (χ1v) is 4.65. The third kappa shape index (κ3) is 6.22. The van der Waals surface area contributed by atoms with Crippen molar-refractivity contribution in [3.05, 3.63) is 12.2 Å². The van der Waals surface area contributed by atoms with Gasteiger partial charge in [0.15, 0.2) is 0 Å². The first-order valence-electron chi connectivity index (χ1n) is 4.65. The molecule has 0 aromatic carbocycles. The summed E-state index contributed by atoms with van der Waals surface area (Å²) >= 11 is 0. The molecule has 15 heavy (non-hydrogen) atoms. The zero-order valence-electron chi connectivity index (χ0n) is 9.10. The summed E-state index contributed by atoms with van der Waals surface area (Å²) in [4.78, 5) is 11.0. The number of aliphatic hydroxyl groups is 2. The first-order chi connectivity index (χ1) is 7.01. The predicted octanol–water partition coefficient (Wildman–Crippen LogP) is -0.136. The van der Waals surface area contributed by atoms with Gasteiger partial charge in [0.2, 0.25) is 0 Å². The van der Waals surface area contributed by atoms with Crippen LogP contribution in [0.5, 0.6) is 0 Å². The van der Waals surface area contributed by atoms with E-state index in [1.54, 1.807) is 6.92 Å². The molecule has 0 aromatic rings. The number of hydrogen-bond donors (Lipinski definition) is 2. The third-order valence-electron chi connectivity index (χ3n) is 1.83. The molecule has 0 amide bonds. The molecule has 2 N–H and O–H groups in total. The van der Waals surface area contributed by atoms with Crippen molar-refractivity contribution in [2.24, 2.45) is 0 Å². The summed E-state index contributed by atoms with van der Waals surface area (Å²) in [6, 6.07) is 0. The van der Waals surface area contributed by atoms with E-state index in [-0.39, 0.29) is 19.6 Å². The molecule has 0 radical (unpaired) electrons. The summed E-state index contributed by atoms with van der Waals surface area (Å²) in [6.45, 7) is 4.68. The molecule has 0 aromatic heterocycles. The molecule has 0 rings (SSSR count). The summed E-state index contributed by atoms with van der Waals surface area (Å²) in [5, 5.41) is 17.8. The Labute approximate surface area is 89.3 Å². The zero-order valence-corrected chi connectivity index (χ0v) is 9.10. The van der Waals surface area contributed by atoms with Gasteiger partial charge in [-0.1, -0.05) is 6.58 Å². The van der Waals surface area contributed by atoms with Crippen molar-refractivity contribution >= 4 is 5.97 Å². The van der Waals surface area contributed by atoms with Crippen LogP contribution in [0.2, 0.25) is 0 Å². The maximum absolute atomic E-state index is 11.0. The minimum absolute atomic E-state index is 0.0409. The van der Waals surface area contributed by atoms with E-state index in [0.717, 1.165) is 0 Å². The molecule has 2 unspecified atom stereocenters. The minimum Gasteiger partial charge on any atom is -0.460 e. The highest BCUT2D eigenvalue weighted by atomic mass is 16.6. The number of esters is 1. The van der Waals surface area contributed by atoms with E-state index in [9.17, 15) is 4.79 Å². The van der Waals surface area contributed by atoms with Crippen LogP contribution < -0.4 is 0 Å². The van der Waals surface area contributed by atoms with Gasteiger partial charge in [-0.15, -0.1) is 0 Å². The number of methoxy groups -OCH3 is 1. The summed E-state index contributed by atoms with van der Waals surface area (Å²) in [6.07, 6.45) is -1.06. The summed E-state index contributed by atoms with van der Waals surface area (Å²) in [5.74, 6) is -0.490. The molecule has 0 saturated heterocycles. The van der Waals surface area contributed by atoms with Crippen molar-refractivity contribution in [2.75, 3.05) is 20.3 Å². The van der Waals surface area contributed by atoms with E-state index in [4.69, 9.17) is 19.7 Å². The average Bonchev–Trinajstić information content (AvgIpc) is 2.22. The fourth-order valence-electron chi connectivity index (χ4n) is 0.902. The van der Waals surface area contributed by atoms with Gasteiger partial charge in [-0.3, -0.25) is 0 Å². The SMILES string of the molecule is C=C(C)C(=O)OCC(CC(O)CO)OC. The summed E-state index contributed by atoms with van der Waals surface area (Å²) < 4.78 is 9.82. The lowest BCUT2D eigenvalue weighted by Crippen LogP contribution is -2.27. The third-order valence-corrected chi connectivity index (χ3v) is 1.83. The predicted molar refractivity (Wildman–Crippen MR) is 54.3 cm³/mol. The number of aliphatic hydroxyl groups excluding tert-OH is 2. The highest BCUT2D eigenvalue weighted by Gasteiger charge is 2.15. The number of carbonyl (C=O) groups is 1. The van der Waals surface area contributed by atoms with Gasteiger partial charge in [-0.05, 0) is 6.92 Å². The van der Waals surface area contributed by atoms with Crippen LogP contribution in [-0.2, 0) is 14.3 Å². The molecule has 88 valence electrons. The lowest BCUT2D eigenvalue weighted by atomic mass is 10.2. The number of carbonyl (C=O) groups excluding carboxylic acids is 1. The number of ether oxygens (including phenoxy) is 2. The molecule has 0 aliphatic rings. The highest BCUT2D eigenvalue weighted by molar-refractivity contribution is 5.86. The van der Waals surface area contributed by atoms with Gasteiger partial charge in [-0.25, -0.2) is 4.79 Å². The topological polar surface area (TPSA) is 76.0 Å². The molecular weight excluding hydrogens is 200 g/mol. The molecule has 0 fully saturated rings. The molecule has 0 spiro atoms. The Hall–Kier alpha value is -0.910. The minimum atomic E-state index is -0.863. The number of rotatable bonds is 7.